The summed E-state index contributed by atoms with van der Waals surface area (Å²) in [5.41, 5.74) is 0.937. The van der Waals surface area contributed by atoms with Crippen LogP contribution >= 0.6 is 27.3 Å². The summed E-state index contributed by atoms with van der Waals surface area (Å²) >= 11 is 4.78. The van der Waals surface area contributed by atoms with Crippen LogP contribution in [0.2, 0.25) is 0 Å². The Morgan fingerprint density at radius 2 is 2.25 bits per heavy atom. The molecular weight excluding hydrogens is 362 g/mol. The van der Waals surface area contributed by atoms with Gasteiger partial charge in [-0.25, -0.2) is 18.1 Å². The highest BCUT2D eigenvalue weighted by atomic mass is 79.9. The van der Waals surface area contributed by atoms with Crippen molar-refractivity contribution in [3.8, 4) is 0 Å². The summed E-state index contributed by atoms with van der Waals surface area (Å²) in [6.45, 7) is 2.75. The van der Waals surface area contributed by atoms with Gasteiger partial charge >= 0.3 is 0 Å². The van der Waals surface area contributed by atoms with Crippen molar-refractivity contribution in [1.29, 1.82) is 0 Å². The highest BCUT2D eigenvalue weighted by molar-refractivity contribution is 9.10. The van der Waals surface area contributed by atoms with Gasteiger partial charge in [-0.1, -0.05) is 0 Å². The zero-order chi connectivity index (χ0) is 14.6. The lowest BCUT2D eigenvalue weighted by Crippen LogP contribution is -2.24. The molecule has 8 heteroatoms. The summed E-state index contributed by atoms with van der Waals surface area (Å²) < 4.78 is 27.9. The zero-order valence-corrected chi connectivity index (χ0v) is 14.0. The fourth-order valence-corrected chi connectivity index (χ4v) is 3.90. The fraction of sp³-hybridized carbons (Fsp3) is 0.250. The van der Waals surface area contributed by atoms with E-state index in [1.807, 2.05) is 23.8 Å². The van der Waals surface area contributed by atoms with Crippen LogP contribution in [0.4, 0.5) is 5.82 Å². The largest absolute Gasteiger partial charge is 0.369 e. The third-order valence-corrected chi connectivity index (χ3v) is 5.08. The molecule has 0 fully saturated rings. The molecule has 0 aliphatic heterocycles. The average molecular weight is 376 g/mol. The van der Waals surface area contributed by atoms with Gasteiger partial charge in [-0.05, 0) is 51.3 Å². The van der Waals surface area contributed by atoms with Crippen LogP contribution < -0.4 is 10.0 Å². The Kier molecular flexibility index (Phi) is 5.14. The van der Waals surface area contributed by atoms with Crippen molar-refractivity contribution in [2.24, 2.45) is 0 Å². The minimum Gasteiger partial charge on any atom is -0.369 e. The van der Waals surface area contributed by atoms with Crippen molar-refractivity contribution >= 4 is 43.1 Å². The normalized spacial score (nSPS) is 11.5. The molecule has 2 N–H and O–H groups in total. The number of hydrogen-bond donors (Lipinski definition) is 2. The average Bonchev–Trinajstić information content (AvgIpc) is 2.92. The molecule has 0 aliphatic rings. The summed E-state index contributed by atoms with van der Waals surface area (Å²) in [6.07, 6.45) is 1.57. The van der Waals surface area contributed by atoms with Gasteiger partial charge in [0.2, 0.25) is 10.0 Å². The van der Waals surface area contributed by atoms with Crippen LogP contribution in [-0.2, 0) is 16.6 Å². The van der Waals surface area contributed by atoms with Crippen LogP contribution in [0.3, 0.4) is 0 Å². The second-order valence-electron chi connectivity index (χ2n) is 3.99. The predicted molar refractivity (Wildman–Crippen MR) is 84.4 cm³/mol. The van der Waals surface area contributed by atoms with E-state index in [9.17, 15) is 8.42 Å². The lowest BCUT2D eigenvalue weighted by atomic mass is 10.4. The zero-order valence-electron chi connectivity index (χ0n) is 10.8. The number of aromatic nitrogens is 1. The Hall–Kier alpha value is -0.960. The number of rotatable bonds is 6. The van der Waals surface area contributed by atoms with E-state index in [4.69, 9.17) is 0 Å². The maximum absolute atomic E-state index is 12.4. The smallest absolute Gasteiger partial charge is 0.244 e. The highest BCUT2D eigenvalue weighted by Crippen LogP contribution is 2.23. The topological polar surface area (TPSA) is 71.1 Å². The third kappa shape index (κ3) is 3.78. The van der Waals surface area contributed by atoms with E-state index < -0.39 is 10.0 Å². The quantitative estimate of drug-likeness (QED) is 0.814. The maximum atomic E-state index is 12.4. The van der Waals surface area contributed by atoms with Gasteiger partial charge in [0.05, 0.1) is 0 Å². The number of nitrogens with one attached hydrogen (secondary N) is 2. The Balaban J connectivity index is 2.26. The Morgan fingerprint density at radius 3 is 2.90 bits per heavy atom. The van der Waals surface area contributed by atoms with Crippen LogP contribution in [0.5, 0.6) is 0 Å². The number of anilines is 1. The molecule has 2 aromatic rings. The predicted octanol–water partition coefficient (Wildman–Crippen LogP) is 2.82. The standard InChI is InChI=1S/C12H14BrN3O2S2/c1-2-14-12-11(5-10(13)7-15-12)20(17,18)16-6-9-3-4-19-8-9/h3-5,7-8,16H,2,6H2,1H3,(H,14,15). The summed E-state index contributed by atoms with van der Waals surface area (Å²) in [4.78, 5) is 4.25. The molecule has 2 aromatic heterocycles. The van der Waals surface area contributed by atoms with Gasteiger partial charge in [0.15, 0.2) is 0 Å². The third-order valence-electron chi connectivity index (χ3n) is 2.50. The van der Waals surface area contributed by atoms with Crippen LogP contribution in [-0.4, -0.2) is 19.9 Å². The molecule has 0 unspecified atom stereocenters. The number of halogens is 1. The molecule has 0 spiro atoms. The number of thiophene rings is 1. The van der Waals surface area contributed by atoms with Crippen LogP contribution in [0.1, 0.15) is 12.5 Å². The number of hydrogen-bond acceptors (Lipinski definition) is 5. The lowest BCUT2D eigenvalue weighted by molar-refractivity contribution is 0.581. The molecule has 0 saturated heterocycles. The maximum Gasteiger partial charge on any atom is 0.244 e. The van der Waals surface area contributed by atoms with Gasteiger partial charge in [0.1, 0.15) is 10.7 Å². The second-order valence-corrected chi connectivity index (χ2v) is 7.42. The summed E-state index contributed by atoms with van der Waals surface area (Å²) in [5.74, 6) is 0.355. The van der Waals surface area contributed by atoms with Crippen LogP contribution in [0.15, 0.2) is 38.5 Å². The molecule has 5 nitrogen and oxygen atoms in total. The first-order chi connectivity index (χ1) is 9.53. The molecule has 0 amide bonds. The number of pyridine rings is 1. The van der Waals surface area contributed by atoms with Gasteiger partial charge in [0.25, 0.3) is 0 Å². The molecule has 2 rings (SSSR count). The molecule has 20 heavy (non-hydrogen) atoms. The first kappa shape index (κ1) is 15.4. The number of nitrogens with zero attached hydrogens (tertiary/aromatic N) is 1. The van der Waals surface area contributed by atoms with E-state index in [-0.39, 0.29) is 11.4 Å². The monoisotopic (exact) mass is 375 g/mol. The first-order valence-corrected chi connectivity index (χ1v) is 9.15. The minimum atomic E-state index is -3.61. The van der Waals surface area contributed by atoms with Crippen molar-refractivity contribution < 1.29 is 8.42 Å². The van der Waals surface area contributed by atoms with E-state index in [0.29, 0.717) is 16.8 Å². The first-order valence-electron chi connectivity index (χ1n) is 5.93. The van der Waals surface area contributed by atoms with Gasteiger partial charge in [-0.3, -0.25) is 0 Å². The lowest BCUT2D eigenvalue weighted by Gasteiger charge is -2.11. The molecule has 0 atom stereocenters. The van der Waals surface area contributed by atoms with Gasteiger partial charge in [0, 0.05) is 23.8 Å². The SMILES string of the molecule is CCNc1ncc(Br)cc1S(=O)(=O)NCc1ccsc1. The van der Waals surface area contributed by atoms with Crippen molar-refractivity contribution in [2.45, 2.75) is 18.4 Å². The molecular formula is C12H14BrN3O2S2. The van der Waals surface area contributed by atoms with E-state index >= 15 is 0 Å². The Bertz CT molecular complexity index is 672. The van der Waals surface area contributed by atoms with E-state index in [0.717, 1.165) is 5.56 Å². The highest BCUT2D eigenvalue weighted by Gasteiger charge is 2.19. The molecule has 0 radical (unpaired) electrons. The fourth-order valence-electron chi connectivity index (χ4n) is 1.58. The Labute approximate surface area is 130 Å². The molecule has 108 valence electrons. The molecule has 0 aliphatic carbocycles. The summed E-state index contributed by atoms with van der Waals surface area (Å²) in [6, 6.07) is 3.43. The van der Waals surface area contributed by atoms with Gasteiger partial charge in [-0.15, -0.1) is 0 Å². The van der Waals surface area contributed by atoms with Gasteiger partial charge in [-0.2, -0.15) is 11.3 Å². The van der Waals surface area contributed by atoms with Gasteiger partial charge < -0.3 is 5.32 Å². The summed E-state index contributed by atoms with van der Waals surface area (Å²) in [5, 5.41) is 6.77. The Morgan fingerprint density at radius 1 is 1.45 bits per heavy atom. The minimum absolute atomic E-state index is 0.143. The van der Waals surface area contributed by atoms with E-state index in [1.54, 1.807) is 12.3 Å². The molecule has 0 saturated carbocycles. The van der Waals surface area contributed by atoms with E-state index in [2.05, 4.69) is 31.0 Å². The number of sulfonamides is 1. The van der Waals surface area contributed by atoms with Crippen molar-refractivity contribution in [2.75, 3.05) is 11.9 Å². The van der Waals surface area contributed by atoms with E-state index in [1.165, 1.54) is 11.3 Å². The summed E-state index contributed by atoms with van der Waals surface area (Å²) in [7, 11) is -3.61. The molecule has 0 aromatic carbocycles. The van der Waals surface area contributed by atoms with Crippen molar-refractivity contribution in [3.63, 3.8) is 0 Å². The van der Waals surface area contributed by atoms with Crippen molar-refractivity contribution in [3.05, 3.63) is 39.1 Å². The van der Waals surface area contributed by atoms with Crippen molar-refractivity contribution in [1.82, 2.24) is 9.71 Å². The molecule has 2 heterocycles. The van der Waals surface area contributed by atoms with Crippen LogP contribution in [0, 0.1) is 0 Å². The second kappa shape index (κ2) is 6.66. The van der Waals surface area contributed by atoms with Crippen LogP contribution in [0.25, 0.3) is 0 Å². The molecule has 0 bridgehead atoms.